The minimum Gasteiger partial charge on any atom is -0.454 e. The van der Waals surface area contributed by atoms with Crippen molar-refractivity contribution in [1.82, 2.24) is 10.2 Å². The van der Waals surface area contributed by atoms with Crippen LogP contribution in [0.1, 0.15) is 18.1 Å². The van der Waals surface area contributed by atoms with Gasteiger partial charge in [-0.05, 0) is 30.2 Å². The molecule has 4 rings (SSSR count). The number of urea groups is 1. The predicted octanol–water partition coefficient (Wildman–Crippen LogP) is 1.76. The van der Waals surface area contributed by atoms with E-state index >= 15 is 0 Å². The molecule has 0 radical (unpaired) electrons. The van der Waals surface area contributed by atoms with Gasteiger partial charge >= 0.3 is 6.03 Å². The van der Waals surface area contributed by atoms with Crippen molar-refractivity contribution in [2.75, 3.05) is 19.9 Å². The summed E-state index contributed by atoms with van der Waals surface area (Å²) in [5.41, 5.74) is 0.311. The van der Waals surface area contributed by atoms with Gasteiger partial charge in [-0.25, -0.2) is 4.79 Å². The normalized spacial score (nSPS) is 21.4. The highest BCUT2D eigenvalue weighted by molar-refractivity contribution is 6.07. The van der Waals surface area contributed by atoms with E-state index < -0.39 is 23.6 Å². The molecule has 2 unspecified atom stereocenters. The number of rotatable bonds is 7. The van der Waals surface area contributed by atoms with Gasteiger partial charge in [-0.15, -0.1) is 0 Å². The predicted molar refractivity (Wildman–Crippen MR) is 102 cm³/mol. The molecule has 2 aliphatic rings. The number of amides is 3. The minimum absolute atomic E-state index is 0.00664. The maximum absolute atomic E-state index is 13.0. The highest BCUT2D eigenvalue weighted by Crippen LogP contribution is 2.37. The Kier molecular flexibility index (Phi) is 5.12. The molecule has 2 heterocycles. The number of fused-ring (bicyclic) bond motifs is 1. The Labute approximate surface area is 168 Å². The van der Waals surface area contributed by atoms with E-state index in [1.165, 1.54) is 0 Å². The number of ether oxygens (including phenoxy) is 3. The van der Waals surface area contributed by atoms with Crippen LogP contribution < -0.4 is 14.8 Å². The van der Waals surface area contributed by atoms with Crippen LogP contribution in [-0.4, -0.2) is 48.0 Å². The van der Waals surface area contributed by atoms with Crippen molar-refractivity contribution >= 4 is 11.9 Å². The summed E-state index contributed by atoms with van der Waals surface area (Å²) in [7, 11) is 0. The Morgan fingerprint density at radius 2 is 1.93 bits per heavy atom. The molecule has 0 aromatic heterocycles. The SMILES string of the molecule is CC1(c2ccc3c(c2)OCO3)NC(=O)N(CC(O)COCc2ccccc2)C1=O. The highest BCUT2D eigenvalue weighted by Gasteiger charge is 2.49. The maximum Gasteiger partial charge on any atom is 0.325 e. The summed E-state index contributed by atoms with van der Waals surface area (Å²) in [4.78, 5) is 26.4. The van der Waals surface area contributed by atoms with Crippen molar-refractivity contribution < 1.29 is 28.9 Å². The van der Waals surface area contributed by atoms with Crippen LogP contribution in [0.25, 0.3) is 0 Å². The summed E-state index contributed by atoms with van der Waals surface area (Å²) in [5.74, 6) is 0.680. The summed E-state index contributed by atoms with van der Waals surface area (Å²) < 4.78 is 16.1. The number of hydrogen-bond donors (Lipinski definition) is 2. The van der Waals surface area contributed by atoms with E-state index in [-0.39, 0.29) is 19.9 Å². The molecule has 152 valence electrons. The average molecular weight is 398 g/mol. The van der Waals surface area contributed by atoms with Crippen LogP contribution in [0, 0.1) is 0 Å². The second kappa shape index (κ2) is 7.73. The number of nitrogens with one attached hydrogen (secondary N) is 1. The topological polar surface area (TPSA) is 97.3 Å². The monoisotopic (exact) mass is 398 g/mol. The molecular weight excluding hydrogens is 376 g/mol. The van der Waals surface area contributed by atoms with Gasteiger partial charge in [0, 0.05) is 0 Å². The van der Waals surface area contributed by atoms with E-state index in [1.54, 1.807) is 25.1 Å². The zero-order valence-corrected chi connectivity index (χ0v) is 16.0. The minimum atomic E-state index is -1.25. The van der Waals surface area contributed by atoms with Gasteiger partial charge in [0.05, 0.1) is 25.9 Å². The summed E-state index contributed by atoms with van der Waals surface area (Å²) in [6.07, 6.45) is -0.993. The second-order valence-corrected chi connectivity index (χ2v) is 7.19. The van der Waals surface area contributed by atoms with E-state index in [1.807, 2.05) is 30.3 Å². The third-order valence-corrected chi connectivity index (χ3v) is 5.04. The third-order valence-electron chi connectivity index (χ3n) is 5.04. The fraction of sp³-hybridized carbons (Fsp3) is 0.333. The number of carbonyl (C=O) groups is 2. The van der Waals surface area contributed by atoms with Gasteiger partial charge in [0.15, 0.2) is 11.5 Å². The van der Waals surface area contributed by atoms with Crippen LogP contribution in [0.15, 0.2) is 48.5 Å². The number of imide groups is 1. The third kappa shape index (κ3) is 3.76. The number of β-amino-alcohol motifs (C(OH)–C–C–N with tert-alkyl or cyclic N) is 1. The van der Waals surface area contributed by atoms with Gasteiger partial charge in [-0.1, -0.05) is 36.4 Å². The first kappa shape index (κ1) is 19.2. The molecule has 1 saturated heterocycles. The molecule has 0 aliphatic carbocycles. The van der Waals surface area contributed by atoms with Crippen molar-refractivity contribution in [2.45, 2.75) is 25.2 Å². The van der Waals surface area contributed by atoms with Crippen molar-refractivity contribution in [1.29, 1.82) is 0 Å². The number of nitrogens with zero attached hydrogens (tertiary/aromatic N) is 1. The Morgan fingerprint density at radius 1 is 1.17 bits per heavy atom. The number of aliphatic hydroxyl groups excluding tert-OH is 1. The molecule has 2 atom stereocenters. The standard InChI is InChI=1S/C21H22N2O6/c1-21(15-7-8-17-18(9-15)29-13-28-17)19(25)23(20(26)22-21)10-16(24)12-27-11-14-5-3-2-4-6-14/h2-9,16,24H,10-13H2,1H3,(H,22,26). The summed E-state index contributed by atoms with van der Waals surface area (Å²) in [5, 5.41) is 13.0. The van der Waals surface area contributed by atoms with Gasteiger partial charge in [0.1, 0.15) is 5.54 Å². The first-order valence-electron chi connectivity index (χ1n) is 9.31. The van der Waals surface area contributed by atoms with Gasteiger partial charge in [0.25, 0.3) is 5.91 Å². The van der Waals surface area contributed by atoms with Crippen LogP contribution in [0.5, 0.6) is 11.5 Å². The lowest BCUT2D eigenvalue weighted by molar-refractivity contribution is -0.132. The Balaban J connectivity index is 1.38. The second-order valence-electron chi connectivity index (χ2n) is 7.19. The molecule has 2 aromatic carbocycles. The van der Waals surface area contributed by atoms with E-state index in [0.717, 1.165) is 10.5 Å². The molecule has 2 aliphatic heterocycles. The van der Waals surface area contributed by atoms with Crippen molar-refractivity contribution in [3.8, 4) is 11.5 Å². The summed E-state index contributed by atoms with van der Waals surface area (Å²) in [6, 6.07) is 14.1. The number of hydrogen-bond acceptors (Lipinski definition) is 6. The Bertz CT molecular complexity index is 919. The lowest BCUT2D eigenvalue weighted by atomic mass is 9.91. The lowest BCUT2D eigenvalue weighted by Crippen LogP contribution is -2.42. The quantitative estimate of drug-likeness (QED) is 0.690. The largest absolute Gasteiger partial charge is 0.454 e. The van der Waals surface area contributed by atoms with E-state index in [2.05, 4.69) is 5.32 Å². The average Bonchev–Trinajstić information content (AvgIpc) is 3.27. The summed E-state index contributed by atoms with van der Waals surface area (Å²) in [6.45, 7) is 1.94. The van der Waals surface area contributed by atoms with Crippen LogP contribution in [0.4, 0.5) is 4.79 Å². The van der Waals surface area contributed by atoms with Crippen LogP contribution in [0.3, 0.4) is 0 Å². The van der Waals surface area contributed by atoms with Gasteiger partial charge < -0.3 is 24.6 Å². The molecule has 3 amide bonds. The van der Waals surface area contributed by atoms with Crippen LogP contribution in [-0.2, 0) is 21.7 Å². The molecule has 8 nitrogen and oxygen atoms in total. The Hall–Kier alpha value is -3.10. The van der Waals surface area contributed by atoms with Crippen LogP contribution >= 0.6 is 0 Å². The number of aliphatic hydroxyl groups is 1. The zero-order valence-electron chi connectivity index (χ0n) is 16.0. The number of carbonyl (C=O) groups excluding carboxylic acids is 2. The molecule has 8 heteroatoms. The maximum atomic E-state index is 13.0. The Morgan fingerprint density at radius 3 is 2.72 bits per heavy atom. The van der Waals surface area contributed by atoms with Gasteiger partial charge in [-0.3, -0.25) is 9.69 Å². The molecule has 2 aromatic rings. The molecule has 0 saturated carbocycles. The first-order chi connectivity index (χ1) is 14.0. The van der Waals surface area contributed by atoms with Crippen molar-refractivity contribution in [3.05, 3.63) is 59.7 Å². The molecule has 0 bridgehead atoms. The van der Waals surface area contributed by atoms with Gasteiger partial charge in [-0.2, -0.15) is 0 Å². The molecule has 29 heavy (non-hydrogen) atoms. The van der Waals surface area contributed by atoms with Gasteiger partial charge in [0.2, 0.25) is 6.79 Å². The van der Waals surface area contributed by atoms with E-state index in [9.17, 15) is 14.7 Å². The highest BCUT2D eigenvalue weighted by atomic mass is 16.7. The van der Waals surface area contributed by atoms with Crippen LogP contribution in [0.2, 0.25) is 0 Å². The molecule has 2 N–H and O–H groups in total. The zero-order chi connectivity index (χ0) is 20.4. The molecule has 1 fully saturated rings. The lowest BCUT2D eigenvalue weighted by Gasteiger charge is -2.23. The fourth-order valence-electron chi connectivity index (χ4n) is 3.42. The van der Waals surface area contributed by atoms with E-state index in [0.29, 0.717) is 23.7 Å². The van der Waals surface area contributed by atoms with Crippen molar-refractivity contribution in [2.24, 2.45) is 0 Å². The molecular formula is C21H22N2O6. The molecule has 0 spiro atoms. The smallest absolute Gasteiger partial charge is 0.325 e. The fourth-order valence-corrected chi connectivity index (χ4v) is 3.42. The van der Waals surface area contributed by atoms with Crippen molar-refractivity contribution in [3.63, 3.8) is 0 Å². The summed E-state index contributed by atoms with van der Waals surface area (Å²) >= 11 is 0. The first-order valence-corrected chi connectivity index (χ1v) is 9.31. The number of benzene rings is 2. The van der Waals surface area contributed by atoms with E-state index in [4.69, 9.17) is 14.2 Å².